The molecule has 148 valence electrons. The van der Waals surface area contributed by atoms with Crippen molar-refractivity contribution in [2.75, 3.05) is 20.6 Å². The van der Waals surface area contributed by atoms with Crippen LogP contribution in [0.3, 0.4) is 0 Å². The Morgan fingerprint density at radius 3 is 2.33 bits per heavy atom. The van der Waals surface area contributed by atoms with Gasteiger partial charge < -0.3 is 10.2 Å². The quantitative estimate of drug-likeness (QED) is 0.725. The van der Waals surface area contributed by atoms with Crippen molar-refractivity contribution in [1.82, 2.24) is 10.2 Å². The number of aryl methyl sites for hydroxylation is 1. The maximum Gasteiger partial charge on any atom is 0.226 e. The van der Waals surface area contributed by atoms with E-state index in [-0.39, 0.29) is 22.2 Å². The molecule has 0 heterocycles. The Balaban J connectivity index is 1.45. The van der Waals surface area contributed by atoms with Crippen molar-refractivity contribution in [3.8, 4) is 0 Å². The Morgan fingerprint density at radius 2 is 1.81 bits per heavy atom. The van der Waals surface area contributed by atoms with Crippen LogP contribution in [-0.2, 0) is 11.2 Å². The van der Waals surface area contributed by atoms with Gasteiger partial charge in [0.1, 0.15) is 0 Å². The highest BCUT2D eigenvalue weighted by Crippen LogP contribution is 2.63. The molecule has 4 saturated carbocycles. The minimum absolute atomic E-state index is 0.113. The normalized spacial score (nSPS) is 35.4. The summed E-state index contributed by atoms with van der Waals surface area (Å²) in [5.74, 6) is 1.56. The van der Waals surface area contributed by atoms with Crippen molar-refractivity contribution in [3.05, 3.63) is 35.4 Å². The molecule has 27 heavy (non-hydrogen) atoms. The lowest BCUT2D eigenvalue weighted by atomic mass is 9.49. The standard InChI is InChI=1S/C23H33ClN2O/c1-4-16-5-7-19(8-6-16)20(26(2)3)14-25-21(27)22-10-17-9-18(11-22)13-23(24,12-17)15-22/h5-8,17-18,20H,4,9-15H2,1-3H3,(H,25,27)/t17-,18-,20+,22?,23?/m1/s1. The van der Waals surface area contributed by atoms with Crippen LogP contribution in [0.15, 0.2) is 24.3 Å². The predicted molar refractivity (Wildman–Crippen MR) is 111 cm³/mol. The monoisotopic (exact) mass is 388 g/mol. The molecule has 1 N–H and O–H groups in total. The maximum absolute atomic E-state index is 13.3. The third kappa shape index (κ3) is 3.65. The van der Waals surface area contributed by atoms with E-state index in [0.29, 0.717) is 18.4 Å². The first-order valence-electron chi connectivity index (χ1n) is 10.5. The fraction of sp³-hybridized carbons (Fsp3) is 0.696. The Hall–Kier alpha value is -1.06. The number of alkyl halides is 1. The van der Waals surface area contributed by atoms with Gasteiger partial charge in [-0.1, -0.05) is 31.2 Å². The van der Waals surface area contributed by atoms with Crippen molar-refractivity contribution in [2.45, 2.75) is 62.8 Å². The molecule has 0 unspecified atom stereocenters. The Kier molecular flexibility index (Phi) is 5.05. The van der Waals surface area contributed by atoms with E-state index in [4.69, 9.17) is 11.6 Å². The second kappa shape index (κ2) is 7.08. The summed E-state index contributed by atoms with van der Waals surface area (Å²) < 4.78 is 0. The number of amides is 1. The summed E-state index contributed by atoms with van der Waals surface area (Å²) in [6, 6.07) is 9.00. The summed E-state index contributed by atoms with van der Waals surface area (Å²) in [7, 11) is 4.17. The van der Waals surface area contributed by atoms with Crippen LogP contribution in [0.4, 0.5) is 0 Å². The number of halogens is 1. The predicted octanol–water partition coefficient (Wildman–Crippen LogP) is 4.55. The molecule has 1 amide bonds. The molecule has 0 radical (unpaired) electrons. The van der Waals surface area contributed by atoms with E-state index in [1.807, 2.05) is 0 Å². The van der Waals surface area contributed by atoms with E-state index < -0.39 is 0 Å². The van der Waals surface area contributed by atoms with Crippen LogP contribution in [0.5, 0.6) is 0 Å². The third-order valence-corrected chi connectivity index (χ3v) is 7.77. The molecule has 0 aliphatic heterocycles. The first-order chi connectivity index (χ1) is 12.8. The number of hydrogen-bond donors (Lipinski definition) is 1. The van der Waals surface area contributed by atoms with Crippen LogP contribution in [0.2, 0.25) is 0 Å². The number of benzene rings is 1. The SMILES string of the molecule is CCc1ccc([C@H](CNC(=O)C23C[C@H]4C[C@@H](CC(Cl)(C4)C2)C3)N(C)C)cc1. The Labute approximate surface area is 168 Å². The molecule has 0 spiro atoms. The fourth-order valence-corrected chi connectivity index (χ4v) is 7.06. The van der Waals surface area contributed by atoms with Gasteiger partial charge in [-0.05, 0) is 82.0 Å². The van der Waals surface area contributed by atoms with Gasteiger partial charge in [-0.15, -0.1) is 11.6 Å². The van der Waals surface area contributed by atoms with Crippen molar-refractivity contribution in [2.24, 2.45) is 17.3 Å². The molecule has 4 heteroatoms. The second-order valence-corrected chi connectivity index (χ2v) is 10.5. The van der Waals surface area contributed by atoms with E-state index in [0.717, 1.165) is 38.5 Å². The van der Waals surface area contributed by atoms with Gasteiger partial charge in [0.05, 0.1) is 11.5 Å². The van der Waals surface area contributed by atoms with Gasteiger partial charge in [0.15, 0.2) is 0 Å². The second-order valence-electron chi connectivity index (χ2n) is 9.68. The van der Waals surface area contributed by atoms with E-state index in [2.05, 4.69) is 55.5 Å². The highest BCUT2D eigenvalue weighted by molar-refractivity contribution is 6.24. The van der Waals surface area contributed by atoms with E-state index >= 15 is 0 Å². The summed E-state index contributed by atoms with van der Waals surface area (Å²) in [4.78, 5) is 15.4. The minimum Gasteiger partial charge on any atom is -0.354 e. The topological polar surface area (TPSA) is 32.3 Å². The van der Waals surface area contributed by atoms with Gasteiger partial charge in [-0.25, -0.2) is 0 Å². The highest BCUT2D eigenvalue weighted by Gasteiger charge is 2.60. The molecular formula is C23H33ClN2O. The lowest BCUT2D eigenvalue weighted by molar-refractivity contribution is -0.144. The third-order valence-electron chi connectivity index (χ3n) is 7.32. The molecule has 3 nitrogen and oxygen atoms in total. The largest absolute Gasteiger partial charge is 0.354 e. The first kappa shape index (κ1) is 19.3. The van der Waals surface area contributed by atoms with Crippen LogP contribution < -0.4 is 5.32 Å². The number of hydrogen-bond acceptors (Lipinski definition) is 2. The summed E-state index contributed by atoms with van der Waals surface area (Å²) in [5, 5.41) is 3.33. The van der Waals surface area contributed by atoms with Gasteiger partial charge in [0, 0.05) is 11.4 Å². The van der Waals surface area contributed by atoms with Gasteiger partial charge >= 0.3 is 0 Å². The van der Waals surface area contributed by atoms with Gasteiger partial charge in [0.2, 0.25) is 5.91 Å². The Bertz CT molecular complexity index is 685. The first-order valence-corrected chi connectivity index (χ1v) is 10.9. The molecule has 4 bridgehead atoms. The molecular weight excluding hydrogens is 356 g/mol. The van der Waals surface area contributed by atoms with Crippen molar-refractivity contribution < 1.29 is 4.79 Å². The summed E-state index contributed by atoms with van der Waals surface area (Å²) in [6.07, 6.45) is 7.53. The smallest absolute Gasteiger partial charge is 0.226 e. The highest BCUT2D eigenvalue weighted by atomic mass is 35.5. The summed E-state index contributed by atoms with van der Waals surface area (Å²) in [6.45, 7) is 2.83. The molecule has 0 aromatic heterocycles. The van der Waals surface area contributed by atoms with Crippen molar-refractivity contribution in [3.63, 3.8) is 0 Å². The van der Waals surface area contributed by atoms with Crippen LogP contribution in [0.1, 0.15) is 62.6 Å². The van der Waals surface area contributed by atoms with Crippen LogP contribution in [0, 0.1) is 17.3 Å². The average Bonchev–Trinajstić information content (AvgIpc) is 2.60. The van der Waals surface area contributed by atoms with Crippen molar-refractivity contribution >= 4 is 17.5 Å². The summed E-state index contributed by atoms with van der Waals surface area (Å²) in [5.41, 5.74) is 2.40. The number of nitrogens with zero attached hydrogens (tertiary/aromatic N) is 1. The van der Waals surface area contributed by atoms with Gasteiger partial charge in [-0.2, -0.15) is 0 Å². The lowest BCUT2D eigenvalue weighted by Gasteiger charge is -2.59. The van der Waals surface area contributed by atoms with Crippen LogP contribution in [-0.4, -0.2) is 36.3 Å². The van der Waals surface area contributed by atoms with E-state index in [1.54, 1.807) is 0 Å². The number of rotatable bonds is 6. The number of likely N-dealkylation sites (N-methyl/N-ethyl adjacent to an activating group) is 1. The summed E-state index contributed by atoms with van der Waals surface area (Å²) >= 11 is 6.91. The zero-order chi connectivity index (χ0) is 19.2. The molecule has 4 aliphatic rings. The minimum atomic E-state index is -0.214. The molecule has 4 fully saturated rings. The van der Waals surface area contributed by atoms with E-state index in [9.17, 15) is 4.79 Å². The Morgan fingerprint density at radius 1 is 1.19 bits per heavy atom. The average molecular weight is 389 g/mol. The number of carbonyl (C=O) groups is 1. The molecule has 4 aliphatic carbocycles. The van der Waals surface area contributed by atoms with E-state index in [1.165, 1.54) is 17.5 Å². The maximum atomic E-state index is 13.3. The van der Waals surface area contributed by atoms with Crippen LogP contribution >= 0.6 is 11.6 Å². The van der Waals surface area contributed by atoms with Crippen molar-refractivity contribution in [1.29, 1.82) is 0 Å². The molecule has 0 saturated heterocycles. The lowest BCUT2D eigenvalue weighted by Crippen LogP contribution is -2.58. The fourth-order valence-electron chi connectivity index (χ4n) is 6.37. The van der Waals surface area contributed by atoms with Gasteiger partial charge in [-0.3, -0.25) is 4.79 Å². The number of carbonyl (C=O) groups excluding carboxylic acids is 1. The number of nitrogens with one attached hydrogen (secondary N) is 1. The zero-order valence-corrected chi connectivity index (χ0v) is 17.7. The van der Waals surface area contributed by atoms with Crippen LogP contribution in [0.25, 0.3) is 0 Å². The molecule has 1 aromatic rings. The molecule has 5 rings (SSSR count). The molecule has 3 atom stereocenters. The zero-order valence-electron chi connectivity index (χ0n) is 16.9. The van der Waals surface area contributed by atoms with Gasteiger partial charge in [0.25, 0.3) is 0 Å². The molecule has 1 aromatic carbocycles.